The number of hydrogen-bond acceptors (Lipinski definition) is 4. The minimum atomic E-state index is -0.382. The molecule has 31 heavy (non-hydrogen) atoms. The molecule has 2 aromatic carbocycles. The van der Waals surface area contributed by atoms with Gasteiger partial charge in [-0.05, 0) is 42.5 Å². The summed E-state index contributed by atoms with van der Waals surface area (Å²) < 4.78 is 0. The summed E-state index contributed by atoms with van der Waals surface area (Å²) >= 11 is 2.03. The highest BCUT2D eigenvalue weighted by Crippen LogP contribution is 2.21. The van der Waals surface area contributed by atoms with Crippen molar-refractivity contribution in [3.63, 3.8) is 0 Å². The molecular weight excluding hydrogens is 406 g/mol. The second-order valence-electron chi connectivity index (χ2n) is 8.30. The first-order valence-corrected chi connectivity index (χ1v) is 12.4. The molecule has 0 spiro atoms. The second-order valence-corrected chi connectivity index (χ2v) is 9.52. The average Bonchev–Trinajstić information content (AvgIpc) is 3.30. The molecule has 2 fully saturated rings. The molecule has 0 aliphatic carbocycles. The molecule has 2 aromatic rings. The minimum absolute atomic E-state index is 0.0234. The molecule has 5 nitrogen and oxygen atoms in total. The number of nitrogens with one attached hydrogen (secondary N) is 1. The van der Waals surface area contributed by atoms with Gasteiger partial charge in [0.25, 0.3) is 0 Å². The summed E-state index contributed by atoms with van der Waals surface area (Å²) in [4.78, 5) is 29.9. The molecule has 6 heteroatoms. The maximum atomic E-state index is 12.9. The topological polar surface area (TPSA) is 52.7 Å². The Kier molecular flexibility index (Phi) is 7.65. The molecule has 0 saturated carbocycles. The molecule has 2 aliphatic heterocycles. The van der Waals surface area contributed by atoms with E-state index in [-0.39, 0.29) is 17.9 Å². The number of benzene rings is 2. The average molecular weight is 438 g/mol. The Balaban J connectivity index is 1.29. The van der Waals surface area contributed by atoms with Gasteiger partial charge in [0.05, 0.1) is 6.42 Å². The van der Waals surface area contributed by atoms with Crippen molar-refractivity contribution in [1.82, 2.24) is 9.80 Å². The van der Waals surface area contributed by atoms with Crippen molar-refractivity contribution in [3.05, 3.63) is 65.7 Å². The molecule has 0 radical (unpaired) electrons. The Morgan fingerprint density at radius 2 is 1.68 bits per heavy atom. The van der Waals surface area contributed by atoms with Gasteiger partial charge in [0.1, 0.15) is 6.04 Å². The molecule has 2 amide bonds. The summed E-state index contributed by atoms with van der Waals surface area (Å²) in [5.41, 5.74) is 3.07. The van der Waals surface area contributed by atoms with Crippen molar-refractivity contribution in [3.8, 4) is 0 Å². The summed E-state index contributed by atoms with van der Waals surface area (Å²) in [6.45, 7) is 4.10. The summed E-state index contributed by atoms with van der Waals surface area (Å²) in [5.74, 6) is 2.40. The monoisotopic (exact) mass is 437 g/mol. The maximum Gasteiger partial charge on any atom is 0.247 e. The first-order valence-electron chi connectivity index (χ1n) is 11.2. The van der Waals surface area contributed by atoms with E-state index in [1.165, 1.54) is 30.2 Å². The van der Waals surface area contributed by atoms with Crippen molar-refractivity contribution < 1.29 is 9.59 Å². The molecule has 4 rings (SSSR count). The molecule has 1 unspecified atom stereocenters. The fraction of sp³-hybridized carbons (Fsp3) is 0.440. The van der Waals surface area contributed by atoms with E-state index in [0.717, 1.165) is 37.1 Å². The molecule has 0 bridgehead atoms. The lowest BCUT2D eigenvalue weighted by atomic mass is 10.1. The molecule has 164 valence electrons. The van der Waals surface area contributed by atoms with Crippen LogP contribution in [-0.4, -0.2) is 65.3 Å². The van der Waals surface area contributed by atoms with E-state index in [1.807, 2.05) is 54.2 Å². The van der Waals surface area contributed by atoms with Crippen LogP contribution < -0.4 is 5.32 Å². The fourth-order valence-corrected chi connectivity index (χ4v) is 5.28. The van der Waals surface area contributed by atoms with Gasteiger partial charge in [-0.3, -0.25) is 9.59 Å². The van der Waals surface area contributed by atoms with Crippen molar-refractivity contribution in [1.29, 1.82) is 0 Å². The van der Waals surface area contributed by atoms with Gasteiger partial charge < -0.3 is 15.1 Å². The zero-order valence-corrected chi connectivity index (χ0v) is 18.8. The fourth-order valence-electron chi connectivity index (χ4n) is 4.30. The predicted octanol–water partition coefficient (Wildman–Crippen LogP) is 3.45. The molecule has 0 aromatic heterocycles. The van der Waals surface area contributed by atoms with Crippen LogP contribution in [-0.2, 0) is 22.4 Å². The Morgan fingerprint density at radius 3 is 2.42 bits per heavy atom. The summed E-state index contributed by atoms with van der Waals surface area (Å²) in [7, 11) is 0. The van der Waals surface area contributed by atoms with Crippen molar-refractivity contribution in [2.45, 2.75) is 31.7 Å². The zero-order chi connectivity index (χ0) is 21.5. The van der Waals surface area contributed by atoms with E-state index in [1.54, 1.807) is 4.90 Å². The second kappa shape index (κ2) is 10.8. The third-order valence-corrected chi connectivity index (χ3v) is 7.06. The van der Waals surface area contributed by atoms with Crippen LogP contribution in [0.15, 0.2) is 54.6 Å². The van der Waals surface area contributed by atoms with Gasteiger partial charge in [0.15, 0.2) is 0 Å². The molecule has 2 heterocycles. The summed E-state index contributed by atoms with van der Waals surface area (Å²) in [6.07, 6.45) is 2.96. The third-order valence-electron chi connectivity index (χ3n) is 6.12. The van der Waals surface area contributed by atoms with Gasteiger partial charge in [0, 0.05) is 43.4 Å². The van der Waals surface area contributed by atoms with Crippen LogP contribution in [0.1, 0.15) is 24.0 Å². The molecule has 1 N–H and O–H groups in total. The quantitative estimate of drug-likeness (QED) is 0.721. The molecular formula is C25H31N3O2S. The van der Waals surface area contributed by atoms with E-state index in [2.05, 4.69) is 22.3 Å². The number of carbonyl (C=O) groups is 2. The van der Waals surface area contributed by atoms with E-state index >= 15 is 0 Å². The lowest BCUT2D eigenvalue weighted by molar-refractivity contribution is -0.136. The zero-order valence-electron chi connectivity index (χ0n) is 18.0. The number of likely N-dealkylation sites (tertiary alicyclic amines) is 1. The van der Waals surface area contributed by atoms with Gasteiger partial charge in [-0.1, -0.05) is 42.5 Å². The van der Waals surface area contributed by atoms with Crippen molar-refractivity contribution >= 4 is 29.3 Å². The summed E-state index contributed by atoms with van der Waals surface area (Å²) in [6, 6.07) is 17.5. The van der Waals surface area contributed by atoms with Crippen LogP contribution in [0.25, 0.3) is 0 Å². The van der Waals surface area contributed by atoms with E-state index in [0.29, 0.717) is 13.0 Å². The van der Waals surface area contributed by atoms with Crippen LogP contribution in [0.4, 0.5) is 5.69 Å². The number of hydrogen-bond donors (Lipinski definition) is 1. The highest BCUT2D eigenvalue weighted by atomic mass is 32.2. The first kappa shape index (κ1) is 21.9. The Morgan fingerprint density at radius 1 is 0.935 bits per heavy atom. The smallest absolute Gasteiger partial charge is 0.247 e. The first-order chi connectivity index (χ1) is 15.2. The van der Waals surface area contributed by atoms with Crippen molar-refractivity contribution in [2.75, 3.05) is 43.0 Å². The van der Waals surface area contributed by atoms with E-state index < -0.39 is 0 Å². The van der Waals surface area contributed by atoms with Crippen LogP contribution in [0.3, 0.4) is 0 Å². The highest BCUT2D eigenvalue weighted by molar-refractivity contribution is 7.99. The summed E-state index contributed by atoms with van der Waals surface area (Å²) in [5, 5.41) is 3.02. The third kappa shape index (κ3) is 6.11. The van der Waals surface area contributed by atoms with Gasteiger partial charge in [-0.15, -0.1) is 0 Å². The number of amides is 2. The number of carbonyl (C=O) groups excluding carboxylic acids is 2. The number of rotatable bonds is 7. The number of anilines is 1. The van der Waals surface area contributed by atoms with Crippen molar-refractivity contribution in [2.24, 2.45) is 0 Å². The van der Waals surface area contributed by atoms with Crippen LogP contribution in [0.2, 0.25) is 0 Å². The van der Waals surface area contributed by atoms with Crippen LogP contribution in [0, 0.1) is 0 Å². The van der Waals surface area contributed by atoms with E-state index in [4.69, 9.17) is 0 Å². The van der Waals surface area contributed by atoms with Gasteiger partial charge in [0.2, 0.25) is 11.8 Å². The predicted molar refractivity (Wildman–Crippen MR) is 127 cm³/mol. The van der Waals surface area contributed by atoms with Gasteiger partial charge >= 0.3 is 0 Å². The lowest BCUT2D eigenvalue weighted by Gasteiger charge is -2.26. The lowest BCUT2D eigenvalue weighted by Crippen LogP contribution is -2.43. The van der Waals surface area contributed by atoms with Crippen LogP contribution >= 0.6 is 11.8 Å². The van der Waals surface area contributed by atoms with Gasteiger partial charge in [-0.2, -0.15) is 11.8 Å². The Hall–Kier alpha value is -2.31. The van der Waals surface area contributed by atoms with Gasteiger partial charge in [-0.25, -0.2) is 0 Å². The SMILES string of the molecule is O=C(Nc1ccc(CCN2CCSCC2)cc1)C1CCCN1C(=O)Cc1ccccc1. The number of nitrogens with zero attached hydrogens (tertiary/aromatic N) is 2. The highest BCUT2D eigenvalue weighted by Gasteiger charge is 2.33. The molecule has 2 aliphatic rings. The molecule has 1 atom stereocenters. The standard InChI is InChI=1S/C25H31N3O2S/c29-24(19-21-5-2-1-3-6-21)28-13-4-7-23(28)25(30)26-22-10-8-20(9-11-22)12-14-27-15-17-31-18-16-27/h1-3,5-6,8-11,23H,4,7,12-19H2,(H,26,30). The maximum absolute atomic E-state index is 12.9. The Labute approximate surface area is 189 Å². The van der Waals surface area contributed by atoms with Crippen LogP contribution in [0.5, 0.6) is 0 Å². The normalized spacial score (nSPS) is 19.4. The number of thioether (sulfide) groups is 1. The largest absolute Gasteiger partial charge is 0.330 e. The van der Waals surface area contributed by atoms with E-state index in [9.17, 15) is 9.59 Å². The Bertz CT molecular complexity index is 866. The molecule has 2 saturated heterocycles. The minimum Gasteiger partial charge on any atom is -0.330 e.